The fourth-order valence-electron chi connectivity index (χ4n) is 2.94. The van der Waals surface area contributed by atoms with E-state index < -0.39 is 5.97 Å². The van der Waals surface area contributed by atoms with Gasteiger partial charge in [-0.05, 0) is 47.3 Å². The second kappa shape index (κ2) is 5.13. The van der Waals surface area contributed by atoms with Crippen molar-refractivity contribution >= 4 is 5.97 Å². The van der Waals surface area contributed by atoms with E-state index in [2.05, 4.69) is 39.0 Å². The number of benzene rings is 1. The van der Waals surface area contributed by atoms with E-state index in [1.54, 1.807) is 0 Å². The summed E-state index contributed by atoms with van der Waals surface area (Å²) in [7, 11) is 0. The number of hydrogen-bond donors (Lipinski definition) is 1. The van der Waals surface area contributed by atoms with Crippen LogP contribution in [0, 0.1) is 5.92 Å². The molecule has 1 aromatic rings. The van der Waals surface area contributed by atoms with E-state index in [0.717, 1.165) is 12.8 Å². The van der Waals surface area contributed by atoms with E-state index in [0.29, 0.717) is 11.8 Å². The van der Waals surface area contributed by atoms with Gasteiger partial charge < -0.3 is 5.11 Å². The summed E-state index contributed by atoms with van der Waals surface area (Å²) >= 11 is 0. The van der Waals surface area contributed by atoms with Crippen LogP contribution < -0.4 is 0 Å². The molecule has 0 spiro atoms. The molecule has 0 aliphatic heterocycles. The number of aryl methyl sites for hydroxylation is 1. The molecule has 2 nitrogen and oxygen atoms in total. The molecule has 2 heteroatoms. The van der Waals surface area contributed by atoms with E-state index >= 15 is 0 Å². The minimum atomic E-state index is -0.686. The standard InChI is InChI=1S/C16H22O2/c1-10(2)13-7-6-12-5-4-11(3)14(9-16(17)18)15(12)8-13/h6-8,10-11,14H,4-5,9H2,1-3H3,(H,17,18). The summed E-state index contributed by atoms with van der Waals surface area (Å²) in [6.07, 6.45) is 2.45. The van der Waals surface area contributed by atoms with Gasteiger partial charge >= 0.3 is 5.97 Å². The smallest absolute Gasteiger partial charge is 0.303 e. The van der Waals surface area contributed by atoms with Crippen molar-refractivity contribution in [3.05, 3.63) is 34.9 Å². The Balaban J connectivity index is 2.39. The quantitative estimate of drug-likeness (QED) is 0.876. The Morgan fingerprint density at radius 2 is 2.17 bits per heavy atom. The molecule has 2 unspecified atom stereocenters. The van der Waals surface area contributed by atoms with Gasteiger partial charge in [0.1, 0.15) is 0 Å². The Morgan fingerprint density at radius 1 is 1.44 bits per heavy atom. The molecule has 1 N–H and O–H groups in total. The number of carbonyl (C=O) groups is 1. The summed E-state index contributed by atoms with van der Waals surface area (Å²) in [5.74, 6) is 0.466. The molecule has 0 fully saturated rings. The van der Waals surface area contributed by atoms with E-state index in [1.165, 1.54) is 16.7 Å². The highest BCUT2D eigenvalue weighted by Crippen LogP contribution is 2.39. The SMILES string of the molecule is CC(C)c1ccc2c(c1)C(CC(=O)O)C(C)CC2. The fraction of sp³-hybridized carbons (Fsp3) is 0.562. The zero-order chi connectivity index (χ0) is 13.3. The first-order valence-electron chi connectivity index (χ1n) is 6.83. The van der Waals surface area contributed by atoms with Crippen LogP contribution in [0.2, 0.25) is 0 Å². The monoisotopic (exact) mass is 246 g/mol. The molecule has 0 saturated carbocycles. The highest BCUT2D eigenvalue weighted by atomic mass is 16.4. The van der Waals surface area contributed by atoms with Crippen LogP contribution in [0.4, 0.5) is 0 Å². The highest BCUT2D eigenvalue weighted by molar-refractivity contribution is 5.68. The summed E-state index contributed by atoms with van der Waals surface area (Å²) in [4.78, 5) is 11.0. The van der Waals surface area contributed by atoms with Gasteiger partial charge in [-0.1, -0.05) is 39.0 Å². The molecular weight excluding hydrogens is 224 g/mol. The van der Waals surface area contributed by atoms with Crippen LogP contribution in [0.1, 0.15) is 62.1 Å². The van der Waals surface area contributed by atoms with E-state index in [4.69, 9.17) is 5.11 Å². The van der Waals surface area contributed by atoms with Crippen molar-refractivity contribution in [1.29, 1.82) is 0 Å². The Hall–Kier alpha value is -1.31. The second-order valence-corrected chi connectivity index (χ2v) is 5.83. The van der Waals surface area contributed by atoms with E-state index in [-0.39, 0.29) is 12.3 Å². The largest absolute Gasteiger partial charge is 0.481 e. The van der Waals surface area contributed by atoms with Crippen LogP contribution >= 0.6 is 0 Å². The second-order valence-electron chi connectivity index (χ2n) is 5.83. The zero-order valence-electron chi connectivity index (χ0n) is 11.4. The maximum Gasteiger partial charge on any atom is 0.303 e. The van der Waals surface area contributed by atoms with E-state index in [9.17, 15) is 4.79 Å². The lowest BCUT2D eigenvalue weighted by Crippen LogP contribution is -2.21. The third-order valence-corrected chi connectivity index (χ3v) is 4.19. The van der Waals surface area contributed by atoms with Gasteiger partial charge in [-0.3, -0.25) is 4.79 Å². The molecule has 0 saturated heterocycles. The number of aliphatic carboxylic acids is 1. The predicted octanol–water partition coefficient (Wildman–Crippen LogP) is 3.95. The normalized spacial score (nSPS) is 22.9. The minimum Gasteiger partial charge on any atom is -0.481 e. The number of carboxylic acids is 1. The van der Waals surface area contributed by atoms with Crippen molar-refractivity contribution in [2.45, 2.75) is 51.9 Å². The first kappa shape index (κ1) is 13.1. The fourth-order valence-corrected chi connectivity index (χ4v) is 2.94. The molecule has 0 heterocycles. The number of hydrogen-bond acceptors (Lipinski definition) is 1. The summed E-state index contributed by atoms with van der Waals surface area (Å²) in [6, 6.07) is 6.63. The van der Waals surface area contributed by atoms with E-state index in [1.807, 2.05) is 0 Å². The van der Waals surface area contributed by atoms with Crippen LogP contribution in [0.15, 0.2) is 18.2 Å². The molecule has 1 aliphatic rings. The molecular formula is C16H22O2. The lowest BCUT2D eigenvalue weighted by molar-refractivity contribution is -0.137. The Labute approximate surface area is 109 Å². The predicted molar refractivity (Wildman–Crippen MR) is 73.0 cm³/mol. The highest BCUT2D eigenvalue weighted by Gasteiger charge is 2.28. The molecule has 98 valence electrons. The van der Waals surface area contributed by atoms with Gasteiger partial charge in [-0.2, -0.15) is 0 Å². The average Bonchev–Trinajstić information content (AvgIpc) is 2.31. The molecule has 2 rings (SSSR count). The Morgan fingerprint density at radius 3 is 2.78 bits per heavy atom. The Kier molecular flexibility index (Phi) is 3.74. The first-order chi connectivity index (χ1) is 8.49. The Bertz CT molecular complexity index is 448. The van der Waals surface area contributed by atoms with Crippen molar-refractivity contribution < 1.29 is 9.90 Å². The zero-order valence-corrected chi connectivity index (χ0v) is 11.4. The lowest BCUT2D eigenvalue weighted by atomic mass is 9.73. The third kappa shape index (κ3) is 2.58. The number of carboxylic acid groups (broad SMARTS) is 1. The molecule has 1 aliphatic carbocycles. The third-order valence-electron chi connectivity index (χ3n) is 4.19. The summed E-state index contributed by atoms with van der Waals surface area (Å²) in [5.41, 5.74) is 3.95. The molecule has 0 amide bonds. The van der Waals surface area contributed by atoms with Crippen molar-refractivity contribution in [1.82, 2.24) is 0 Å². The molecule has 0 radical (unpaired) electrons. The number of fused-ring (bicyclic) bond motifs is 1. The van der Waals surface area contributed by atoms with Gasteiger partial charge in [0.05, 0.1) is 6.42 Å². The van der Waals surface area contributed by atoms with Gasteiger partial charge in [0.15, 0.2) is 0 Å². The van der Waals surface area contributed by atoms with Crippen LogP contribution in [0.5, 0.6) is 0 Å². The molecule has 1 aromatic carbocycles. The summed E-state index contributed by atoms with van der Waals surface area (Å²) < 4.78 is 0. The molecule has 18 heavy (non-hydrogen) atoms. The van der Waals surface area contributed by atoms with Crippen LogP contribution in [-0.4, -0.2) is 11.1 Å². The van der Waals surface area contributed by atoms with Crippen molar-refractivity contribution in [3.8, 4) is 0 Å². The average molecular weight is 246 g/mol. The summed E-state index contributed by atoms with van der Waals surface area (Å²) in [6.45, 7) is 6.54. The van der Waals surface area contributed by atoms with Crippen molar-refractivity contribution in [3.63, 3.8) is 0 Å². The van der Waals surface area contributed by atoms with Gasteiger partial charge in [-0.25, -0.2) is 0 Å². The molecule has 2 atom stereocenters. The minimum absolute atomic E-state index is 0.185. The maximum atomic E-state index is 11.0. The van der Waals surface area contributed by atoms with Crippen LogP contribution in [0.25, 0.3) is 0 Å². The van der Waals surface area contributed by atoms with Gasteiger partial charge in [0.25, 0.3) is 0 Å². The topological polar surface area (TPSA) is 37.3 Å². The van der Waals surface area contributed by atoms with Gasteiger partial charge in [-0.15, -0.1) is 0 Å². The van der Waals surface area contributed by atoms with Crippen LogP contribution in [0.3, 0.4) is 0 Å². The maximum absolute atomic E-state index is 11.0. The summed E-state index contributed by atoms with van der Waals surface area (Å²) in [5, 5.41) is 9.09. The molecule has 0 aromatic heterocycles. The van der Waals surface area contributed by atoms with Crippen molar-refractivity contribution in [2.75, 3.05) is 0 Å². The van der Waals surface area contributed by atoms with Crippen LogP contribution in [-0.2, 0) is 11.2 Å². The van der Waals surface area contributed by atoms with Gasteiger partial charge in [0.2, 0.25) is 0 Å². The number of rotatable bonds is 3. The molecule has 0 bridgehead atoms. The van der Waals surface area contributed by atoms with Crippen molar-refractivity contribution in [2.24, 2.45) is 5.92 Å². The first-order valence-corrected chi connectivity index (χ1v) is 6.83. The van der Waals surface area contributed by atoms with Gasteiger partial charge in [0, 0.05) is 0 Å². The lowest BCUT2D eigenvalue weighted by Gasteiger charge is -2.31.